The molecule has 1 saturated heterocycles. The highest BCUT2D eigenvalue weighted by molar-refractivity contribution is 5.74. The first kappa shape index (κ1) is 16.4. The lowest BCUT2D eigenvalue weighted by Crippen LogP contribution is -2.51. The van der Waals surface area contributed by atoms with E-state index in [9.17, 15) is 4.79 Å². The van der Waals surface area contributed by atoms with Crippen LogP contribution >= 0.6 is 0 Å². The summed E-state index contributed by atoms with van der Waals surface area (Å²) in [6.07, 6.45) is 3.51. The summed E-state index contributed by atoms with van der Waals surface area (Å²) in [7, 11) is 0. The number of aromatic nitrogens is 2. The van der Waals surface area contributed by atoms with Crippen molar-refractivity contribution in [1.29, 1.82) is 0 Å². The Labute approximate surface area is 141 Å². The van der Waals surface area contributed by atoms with Gasteiger partial charge in [-0.05, 0) is 25.5 Å². The molecule has 2 aromatic rings. The van der Waals surface area contributed by atoms with E-state index >= 15 is 0 Å². The molecule has 7 nitrogen and oxygen atoms in total. The highest BCUT2D eigenvalue weighted by atomic mass is 16.5. The molecule has 3 rings (SSSR count). The standard InChI is InChI=1S/C17H23N5O2/c1-13-10-16(24-20-13)12-21-6-8-22(9-7-21)17(23)19-14(2)15-4-3-5-18-11-15/h3-5,10-11,14H,6-9,12H2,1-2H3,(H,19,23)/t14-/m0/s1. The van der Waals surface area contributed by atoms with Crippen molar-refractivity contribution in [2.24, 2.45) is 0 Å². The van der Waals surface area contributed by atoms with E-state index < -0.39 is 0 Å². The number of piperazine rings is 1. The number of carbonyl (C=O) groups excluding carboxylic acids is 1. The minimum Gasteiger partial charge on any atom is -0.360 e. The molecule has 7 heteroatoms. The summed E-state index contributed by atoms with van der Waals surface area (Å²) in [5, 5.41) is 6.94. The molecule has 2 amide bonds. The lowest BCUT2D eigenvalue weighted by Gasteiger charge is -2.34. The predicted molar refractivity (Wildman–Crippen MR) is 89.3 cm³/mol. The summed E-state index contributed by atoms with van der Waals surface area (Å²) in [6, 6.07) is 5.72. The number of rotatable bonds is 4. The van der Waals surface area contributed by atoms with Crippen LogP contribution in [0, 0.1) is 6.92 Å². The Morgan fingerprint density at radius 1 is 1.38 bits per heavy atom. The highest BCUT2D eigenvalue weighted by Gasteiger charge is 2.23. The Balaban J connectivity index is 1.46. The maximum atomic E-state index is 12.4. The van der Waals surface area contributed by atoms with E-state index in [1.165, 1.54) is 0 Å². The maximum Gasteiger partial charge on any atom is 0.317 e. The van der Waals surface area contributed by atoms with Gasteiger partial charge in [-0.25, -0.2) is 4.79 Å². The first-order valence-electron chi connectivity index (χ1n) is 8.22. The van der Waals surface area contributed by atoms with Gasteiger partial charge in [-0.3, -0.25) is 9.88 Å². The zero-order valence-electron chi connectivity index (χ0n) is 14.1. The molecule has 1 N–H and O–H groups in total. The van der Waals surface area contributed by atoms with Crippen molar-refractivity contribution in [3.63, 3.8) is 0 Å². The second-order valence-corrected chi connectivity index (χ2v) is 6.16. The van der Waals surface area contributed by atoms with Gasteiger partial charge < -0.3 is 14.7 Å². The van der Waals surface area contributed by atoms with Crippen LogP contribution in [0.2, 0.25) is 0 Å². The van der Waals surface area contributed by atoms with Crippen molar-refractivity contribution < 1.29 is 9.32 Å². The van der Waals surface area contributed by atoms with Gasteiger partial charge in [0.05, 0.1) is 18.3 Å². The van der Waals surface area contributed by atoms with E-state index in [1.807, 2.05) is 36.9 Å². The van der Waals surface area contributed by atoms with E-state index in [0.29, 0.717) is 13.1 Å². The van der Waals surface area contributed by atoms with Gasteiger partial charge >= 0.3 is 6.03 Å². The molecule has 1 atom stereocenters. The summed E-state index contributed by atoms with van der Waals surface area (Å²) < 4.78 is 5.25. The van der Waals surface area contributed by atoms with Crippen molar-refractivity contribution in [2.45, 2.75) is 26.4 Å². The number of nitrogens with one attached hydrogen (secondary N) is 1. The molecule has 1 aliphatic heterocycles. The summed E-state index contributed by atoms with van der Waals surface area (Å²) in [4.78, 5) is 20.6. The molecule has 0 unspecified atom stereocenters. The third-order valence-electron chi connectivity index (χ3n) is 4.24. The SMILES string of the molecule is Cc1cc(CN2CCN(C(=O)N[C@@H](C)c3cccnc3)CC2)on1. The fourth-order valence-electron chi connectivity index (χ4n) is 2.81. The fraction of sp³-hybridized carbons (Fsp3) is 0.471. The Hall–Kier alpha value is -2.41. The van der Waals surface area contributed by atoms with Gasteiger partial charge in [0.15, 0.2) is 5.76 Å². The molecule has 0 radical (unpaired) electrons. The molecule has 24 heavy (non-hydrogen) atoms. The summed E-state index contributed by atoms with van der Waals surface area (Å²) in [5.41, 5.74) is 1.90. The predicted octanol–water partition coefficient (Wildman–Crippen LogP) is 1.97. The van der Waals surface area contributed by atoms with Crippen molar-refractivity contribution in [3.8, 4) is 0 Å². The molecule has 0 spiro atoms. The number of hydrogen-bond donors (Lipinski definition) is 1. The second kappa shape index (κ2) is 7.44. The van der Waals surface area contributed by atoms with Gasteiger partial charge in [-0.15, -0.1) is 0 Å². The van der Waals surface area contributed by atoms with Crippen LogP contribution in [0.25, 0.3) is 0 Å². The molecule has 0 aliphatic carbocycles. The Morgan fingerprint density at radius 2 is 2.17 bits per heavy atom. The largest absolute Gasteiger partial charge is 0.360 e. The molecular formula is C17H23N5O2. The quantitative estimate of drug-likeness (QED) is 0.928. The van der Waals surface area contributed by atoms with Crippen LogP contribution in [0.4, 0.5) is 4.79 Å². The molecule has 0 bridgehead atoms. The Kier molecular flexibility index (Phi) is 5.10. The average molecular weight is 329 g/mol. The third-order valence-corrected chi connectivity index (χ3v) is 4.24. The van der Waals surface area contributed by atoms with Crippen molar-refractivity contribution in [1.82, 2.24) is 25.3 Å². The van der Waals surface area contributed by atoms with Crippen LogP contribution in [-0.2, 0) is 6.54 Å². The van der Waals surface area contributed by atoms with Crippen LogP contribution in [0.5, 0.6) is 0 Å². The molecule has 0 aromatic carbocycles. The van der Waals surface area contributed by atoms with Crippen LogP contribution in [0.1, 0.15) is 30.0 Å². The monoisotopic (exact) mass is 329 g/mol. The van der Waals surface area contributed by atoms with Crippen molar-refractivity contribution in [2.75, 3.05) is 26.2 Å². The average Bonchev–Trinajstić information content (AvgIpc) is 3.01. The van der Waals surface area contributed by atoms with E-state index in [-0.39, 0.29) is 12.1 Å². The summed E-state index contributed by atoms with van der Waals surface area (Å²) in [5.74, 6) is 0.871. The maximum absolute atomic E-state index is 12.4. The Morgan fingerprint density at radius 3 is 2.79 bits per heavy atom. The van der Waals surface area contributed by atoms with E-state index in [2.05, 4.69) is 20.4 Å². The number of pyridine rings is 1. The number of hydrogen-bond acceptors (Lipinski definition) is 5. The van der Waals surface area contributed by atoms with E-state index in [1.54, 1.807) is 12.4 Å². The topological polar surface area (TPSA) is 74.5 Å². The zero-order chi connectivity index (χ0) is 16.9. The van der Waals surface area contributed by atoms with E-state index in [0.717, 1.165) is 36.7 Å². The minimum atomic E-state index is -0.0543. The number of nitrogens with zero attached hydrogens (tertiary/aromatic N) is 4. The first-order chi connectivity index (χ1) is 11.6. The molecule has 128 valence electrons. The van der Waals surface area contributed by atoms with Gasteiger partial charge in [0.1, 0.15) is 0 Å². The minimum absolute atomic E-state index is 0.0264. The van der Waals surface area contributed by atoms with Crippen LogP contribution in [0.3, 0.4) is 0 Å². The fourth-order valence-corrected chi connectivity index (χ4v) is 2.81. The van der Waals surface area contributed by atoms with Gasteiger partial charge in [-0.2, -0.15) is 0 Å². The number of carbonyl (C=O) groups is 1. The van der Waals surface area contributed by atoms with Crippen LogP contribution in [0.15, 0.2) is 35.1 Å². The molecule has 0 saturated carbocycles. The Bertz CT molecular complexity index is 665. The van der Waals surface area contributed by atoms with Gasteiger partial charge in [0.2, 0.25) is 0 Å². The van der Waals surface area contributed by atoms with Crippen LogP contribution < -0.4 is 5.32 Å². The van der Waals surface area contributed by atoms with Gasteiger partial charge in [0, 0.05) is 44.6 Å². The normalized spacial score (nSPS) is 16.8. The molecule has 1 fully saturated rings. The third kappa shape index (κ3) is 4.11. The van der Waals surface area contributed by atoms with Crippen molar-refractivity contribution in [3.05, 3.63) is 47.6 Å². The molecular weight excluding hydrogens is 306 g/mol. The number of urea groups is 1. The smallest absolute Gasteiger partial charge is 0.317 e. The molecule has 3 heterocycles. The second-order valence-electron chi connectivity index (χ2n) is 6.16. The highest BCUT2D eigenvalue weighted by Crippen LogP contribution is 2.13. The van der Waals surface area contributed by atoms with Gasteiger partial charge in [-0.1, -0.05) is 11.2 Å². The molecule has 1 aliphatic rings. The number of aryl methyl sites for hydroxylation is 1. The number of amides is 2. The van der Waals surface area contributed by atoms with Crippen LogP contribution in [-0.4, -0.2) is 52.2 Å². The van der Waals surface area contributed by atoms with Crippen molar-refractivity contribution >= 4 is 6.03 Å². The first-order valence-corrected chi connectivity index (χ1v) is 8.22. The van der Waals surface area contributed by atoms with E-state index in [4.69, 9.17) is 4.52 Å². The lowest BCUT2D eigenvalue weighted by molar-refractivity contribution is 0.126. The summed E-state index contributed by atoms with van der Waals surface area (Å²) in [6.45, 7) is 7.69. The molecule has 2 aromatic heterocycles. The zero-order valence-corrected chi connectivity index (χ0v) is 14.1. The van der Waals surface area contributed by atoms with Gasteiger partial charge in [0.25, 0.3) is 0 Å². The lowest BCUT2D eigenvalue weighted by atomic mass is 10.1. The summed E-state index contributed by atoms with van der Waals surface area (Å²) >= 11 is 0.